The number of methoxy groups -OCH3 is 1. The summed E-state index contributed by atoms with van der Waals surface area (Å²) in [5, 5.41) is 4.44. The third kappa shape index (κ3) is 4.10. The van der Waals surface area contributed by atoms with Crippen LogP contribution in [0.15, 0.2) is 41.2 Å². The van der Waals surface area contributed by atoms with E-state index in [0.717, 1.165) is 17.9 Å². The van der Waals surface area contributed by atoms with E-state index >= 15 is 0 Å². The third-order valence-corrected chi connectivity index (χ3v) is 5.25. The molecular weight excluding hydrogens is 408 g/mol. The first kappa shape index (κ1) is 21.2. The third-order valence-electron chi connectivity index (χ3n) is 4.37. The fraction of sp³-hybridized carbons (Fsp3) is 0.300. The van der Waals surface area contributed by atoms with Crippen LogP contribution < -0.4 is 10.2 Å². The van der Waals surface area contributed by atoms with Crippen LogP contribution in [0.1, 0.15) is 12.5 Å². The second kappa shape index (κ2) is 8.44. The highest BCUT2D eigenvalue weighted by Gasteiger charge is 2.35. The molecule has 0 spiro atoms. The van der Waals surface area contributed by atoms with Gasteiger partial charge in [-0.25, -0.2) is 4.39 Å². The van der Waals surface area contributed by atoms with E-state index in [9.17, 15) is 22.4 Å². The Labute approximate surface area is 168 Å². The van der Waals surface area contributed by atoms with Crippen molar-refractivity contribution in [2.24, 2.45) is 0 Å². The lowest BCUT2D eigenvalue weighted by molar-refractivity contribution is -0.139. The van der Waals surface area contributed by atoms with Crippen molar-refractivity contribution in [1.29, 1.82) is 0 Å². The normalized spacial score (nSPS) is 11.8. The van der Waals surface area contributed by atoms with Gasteiger partial charge in [-0.1, -0.05) is 19.1 Å². The van der Waals surface area contributed by atoms with Crippen LogP contribution in [0.25, 0.3) is 22.2 Å². The van der Waals surface area contributed by atoms with Gasteiger partial charge in [0.05, 0.1) is 24.6 Å². The topological polar surface area (TPSA) is 44.1 Å². The van der Waals surface area contributed by atoms with Gasteiger partial charge in [0.1, 0.15) is 22.8 Å². The average molecular weight is 426 g/mol. The Morgan fingerprint density at radius 1 is 1.17 bits per heavy atom. The molecule has 0 unspecified atom stereocenters. The minimum absolute atomic E-state index is 0.202. The summed E-state index contributed by atoms with van der Waals surface area (Å²) in [7, 11) is 1.45. The number of rotatable bonds is 6. The van der Waals surface area contributed by atoms with Gasteiger partial charge in [-0.3, -0.25) is 9.48 Å². The van der Waals surface area contributed by atoms with E-state index in [1.54, 1.807) is 23.9 Å². The predicted molar refractivity (Wildman–Crippen MR) is 106 cm³/mol. The fourth-order valence-electron chi connectivity index (χ4n) is 3.05. The molecule has 0 saturated heterocycles. The van der Waals surface area contributed by atoms with Gasteiger partial charge in [-0.05, 0) is 30.0 Å². The van der Waals surface area contributed by atoms with Crippen LogP contribution in [0, 0.1) is 5.82 Å². The number of hydrogen-bond donors (Lipinski definition) is 0. The van der Waals surface area contributed by atoms with Crippen molar-refractivity contribution in [3.63, 3.8) is 0 Å². The Balaban J connectivity index is 2.30. The average Bonchev–Trinajstić information content (AvgIpc) is 2.69. The zero-order valence-electron chi connectivity index (χ0n) is 15.7. The number of thioether (sulfide) groups is 1. The van der Waals surface area contributed by atoms with Crippen LogP contribution in [0.2, 0.25) is 0 Å². The lowest BCUT2D eigenvalue weighted by Gasteiger charge is -2.16. The molecule has 0 N–H and O–H groups in total. The van der Waals surface area contributed by atoms with Crippen LogP contribution >= 0.6 is 11.8 Å². The van der Waals surface area contributed by atoms with E-state index in [-0.39, 0.29) is 11.1 Å². The lowest BCUT2D eigenvalue weighted by atomic mass is 10.0. The summed E-state index contributed by atoms with van der Waals surface area (Å²) in [5.74, 6) is 0.417. The van der Waals surface area contributed by atoms with Crippen molar-refractivity contribution in [3.8, 4) is 17.0 Å². The van der Waals surface area contributed by atoms with E-state index in [1.807, 2.05) is 6.92 Å². The predicted octanol–water partition coefficient (Wildman–Crippen LogP) is 4.98. The second-order valence-electron chi connectivity index (χ2n) is 6.12. The highest BCUT2D eigenvalue weighted by molar-refractivity contribution is 7.99. The van der Waals surface area contributed by atoms with Gasteiger partial charge in [-0.15, -0.1) is 0 Å². The zero-order valence-corrected chi connectivity index (χ0v) is 16.5. The molecule has 0 radical (unpaired) electrons. The summed E-state index contributed by atoms with van der Waals surface area (Å²) in [6.07, 6.45) is -4.88. The molecule has 29 heavy (non-hydrogen) atoms. The highest BCUT2D eigenvalue weighted by atomic mass is 32.2. The molecule has 0 aliphatic carbocycles. The summed E-state index contributed by atoms with van der Waals surface area (Å²) in [4.78, 5) is 13.0. The Morgan fingerprint density at radius 2 is 1.90 bits per heavy atom. The SMILES string of the molecule is CCSCCn1nc(-c2cccc(C(F)(F)F)c2F)c(=O)c2cccc(OC)c21. The van der Waals surface area contributed by atoms with E-state index < -0.39 is 28.5 Å². The van der Waals surface area contributed by atoms with Crippen molar-refractivity contribution in [3.05, 3.63) is 58.0 Å². The monoisotopic (exact) mass is 426 g/mol. The molecule has 4 nitrogen and oxygen atoms in total. The number of ether oxygens (including phenoxy) is 1. The maximum Gasteiger partial charge on any atom is 0.419 e. The van der Waals surface area contributed by atoms with E-state index in [2.05, 4.69) is 5.10 Å². The molecule has 0 amide bonds. The van der Waals surface area contributed by atoms with Gasteiger partial charge >= 0.3 is 6.18 Å². The molecule has 154 valence electrons. The largest absolute Gasteiger partial charge is 0.494 e. The Hall–Kier alpha value is -2.55. The molecule has 1 aromatic heterocycles. The molecule has 3 rings (SSSR count). The second-order valence-corrected chi connectivity index (χ2v) is 7.51. The first-order valence-corrected chi connectivity index (χ1v) is 9.96. The van der Waals surface area contributed by atoms with Crippen molar-refractivity contribution >= 4 is 22.7 Å². The van der Waals surface area contributed by atoms with E-state index in [1.165, 1.54) is 17.9 Å². The Kier molecular flexibility index (Phi) is 6.16. The number of aromatic nitrogens is 2. The molecule has 3 aromatic rings. The number of nitrogens with zero attached hydrogens (tertiary/aromatic N) is 2. The number of fused-ring (bicyclic) bond motifs is 1. The van der Waals surface area contributed by atoms with Crippen LogP contribution in [0.3, 0.4) is 0 Å². The zero-order chi connectivity index (χ0) is 21.2. The smallest absolute Gasteiger partial charge is 0.419 e. The number of para-hydroxylation sites is 1. The molecule has 0 fully saturated rings. The molecule has 9 heteroatoms. The van der Waals surface area contributed by atoms with Crippen LogP contribution in [0.5, 0.6) is 5.75 Å². The van der Waals surface area contributed by atoms with Crippen LogP contribution in [0.4, 0.5) is 17.6 Å². The number of alkyl halides is 3. The molecular formula is C20H18F4N2O2S. The number of benzene rings is 2. The molecule has 0 bridgehead atoms. The van der Waals surface area contributed by atoms with Gasteiger partial charge in [0.15, 0.2) is 0 Å². The lowest BCUT2D eigenvalue weighted by Crippen LogP contribution is -2.19. The Bertz CT molecular complexity index is 1100. The van der Waals surface area contributed by atoms with Gasteiger partial charge in [0.2, 0.25) is 5.43 Å². The van der Waals surface area contributed by atoms with Crippen LogP contribution in [-0.4, -0.2) is 28.4 Å². The molecule has 0 aliphatic heterocycles. The van der Waals surface area contributed by atoms with Gasteiger partial charge in [0, 0.05) is 11.3 Å². The van der Waals surface area contributed by atoms with Gasteiger partial charge < -0.3 is 4.74 Å². The summed E-state index contributed by atoms with van der Waals surface area (Å²) < 4.78 is 60.9. The van der Waals surface area contributed by atoms with E-state index in [4.69, 9.17) is 4.74 Å². The summed E-state index contributed by atoms with van der Waals surface area (Å²) in [6, 6.07) is 7.62. The maximum absolute atomic E-state index is 14.7. The number of aryl methyl sites for hydroxylation is 1. The van der Waals surface area contributed by atoms with Crippen molar-refractivity contribution in [2.45, 2.75) is 19.6 Å². The fourth-order valence-corrected chi connectivity index (χ4v) is 3.64. The maximum atomic E-state index is 14.7. The van der Waals surface area contributed by atoms with Crippen molar-refractivity contribution in [2.75, 3.05) is 18.6 Å². The minimum atomic E-state index is -4.88. The Morgan fingerprint density at radius 3 is 2.55 bits per heavy atom. The number of halogens is 4. The minimum Gasteiger partial charge on any atom is -0.494 e. The molecule has 0 atom stereocenters. The first-order valence-electron chi connectivity index (χ1n) is 8.81. The molecule has 1 heterocycles. The standard InChI is InChI=1S/C20H18F4N2O2S/c1-3-29-11-10-26-18-13(7-5-9-15(18)28-2)19(27)17(25-26)12-6-4-8-14(16(12)21)20(22,23)24/h4-9H,3,10-11H2,1-2H3. The molecule has 0 aliphatic rings. The van der Waals surface area contributed by atoms with Crippen molar-refractivity contribution in [1.82, 2.24) is 9.78 Å². The van der Waals surface area contributed by atoms with E-state index in [0.29, 0.717) is 29.6 Å². The first-order chi connectivity index (χ1) is 13.8. The van der Waals surface area contributed by atoms with Gasteiger partial charge in [0.25, 0.3) is 0 Å². The quantitative estimate of drug-likeness (QED) is 0.412. The molecule has 0 saturated carbocycles. The summed E-state index contributed by atoms with van der Waals surface area (Å²) >= 11 is 1.64. The number of hydrogen-bond acceptors (Lipinski definition) is 4. The molecule has 2 aromatic carbocycles. The van der Waals surface area contributed by atoms with Gasteiger partial charge in [-0.2, -0.15) is 30.0 Å². The summed E-state index contributed by atoms with van der Waals surface area (Å²) in [5.41, 5.74) is -2.51. The van der Waals surface area contributed by atoms with Crippen molar-refractivity contribution < 1.29 is 22.3 Å². The van der Waals surface area contributed by atoms with Crippen LogP contribution in [-0.2, 0) is 12.7 Å². The summed E-state index contributed by atoms with van der Waals surface area (Å²) in [6.45, 7) is 2.37. The highest BCUT2D eigenvalue weighted by Crippen LogP contribution is 2.35.